The molecule has 26 heavy (non-hydrogen) atoms. The molecule has 1 aromatic heterocycles. The molecule has 1 spiro atoms. The standard InChI is InChI=1S/C20H33N5O/c1-22-9-5-18(15-22)25-16-20(6-3-19(25)26)7-11-24(12-8-20)10-4-17-13-21-23(2)14-17/h13-14,18H,3-12,15-16H2,1-2H3/t18-/m1/s1. The molecule has 0 aromatic carbocycles. The Hall–Kier alpha value is -1.40. The van der Waals surface area contributed by atoms with Crippen molar-refractivity contribution in [2.24, 2.45) is 12.5 Å². The lowest BCUT2D eigenvalue weighted by Gasteiger charge is -2.49. The fraction of sp³-hybridized carbons (Fsp3) is 0.800. The van der Waals surface area contributed by atoms with Crippen molar-refractivity contribution in [3.8, 4) is 0 Å². The van der Waals surface area contributed by atoms with Gasteiger partial charge in [0.1, 0.15) is 0 Å². The van der Waals surface area contributed by atoms with Gasteiger partial charge in [-0.3, -0.25) is 9.48 Å². The van der Waals surface area contributed by atoms with Crippen LogP contribution < -0.4 is 0 Å². The van der Waals surface area contributed by atoms with Crippen LogP contribution in [0.15, 0.2) is 12.4 Å². The first-order valence-corrected chi connectivity index (χ1v) is 10.2. The molecule has 1 amide bonds. The Kier molecular flexibility index (Phi) is 5.06. The maximum Gasteiger partial charge on any atom is 0.222 e. The van der Waals surface area contributed by atoms with Crippen LogP contribution in [-0.2, 0) is 18.3 Å². The number of rotatable bonds is 4. The zero-order valence-corrected chi connectivity index (χ0v) is 16.4. The smallest absolute Gasteiger partial charge is 0.222 e. The Bertz CT molecular complexity index is 634. The molecule has 1 aromatic rings. The van der Waals surface area contributed by atoms with E-state index in [4.69, 9.17) is 0 Å². The lowest BCUT2D eigenvalue weighted by atomic mass is 9.72. The third kappa shape index (κ3) is 3.81. The molecule has 0 N–H and O–H groups in total. The number of hydrogen-bond acceptors (Lipinski definition) is 4. The number of hydrogen-bond donors (Lipinski definition) is 0. The van der Waals surface area contributed by atoms with Crippen molar-refractivity contribution in [3.05, 3.63) is 18.0 Å². The Morgan fingerprint density at radius 3 is 2.65 bits per heavy atom. The second-order valence-corrected chi connectivity index (χ2v) is 8.84. The van der Waals surface area contributed by atoms with E-state index in [1.54, 1.807) is 0 Å². The van der Waals surface area contributed by atoms with Crippen LogP contribution in [0, 0.1) is 5.41 Å². The van der Waals surface area contributed by atoms with Crippen molar-refractivity contribution in [1.82, 2.24) is 24.5 Å². The maximum absolute atomic E-state index is 12.5. The summed E-state index contributed by atoms with van der Waals surface area (Å²) < 4.78 is 1.88. The van der Waals surface area contributed by atoms with Gasteiger partial charge in [-0.05, 0) is 69.8 Å². The summed E-state index contributed by atoms with van der Waals surface area (Å²) in [6.45, 7) is 6.65. The maximum atomic E-state index is 12.5. The topological polar surface area (TPSA) is 44.6 Å². The minimum atomic E-state index is 0.375. The number of aromatic nitrogens is 2. The molecule has 3 fully saturated rings. The van der Waals surface area contributed by atoms with Gasteiger partial charge in [0.25, 0.3) is 0 Å². The number of amides is 1. The molecule has 3 aliphatic heterocycles. The molecule has 3 saturated heterocycles. The van der Waals surface area contributed by atoms with E-state index in [1.165, 1.54) is 31.5 Å². The monoisotopic (exact) mass is 359 g/mol. The van der Waals surface area contributed by atoms with Gasteiger partial charge in [0.05, 0.1) is 6.20 Å². The average Bonchev–Trinajstić information content (AvgIpc) is 3.25. The molecule has 0 unspecified atom stereocenters. The lowest BCUT2D eigenvalue weighted by Crippen LogP contribution is -2.55. The molecule has 0 bridgehead atoms. The minimum Gasteiger partial charge on any atom is -0.338 e. The molecule has 0 aliphatic carbocycles. The first-order valence-electron chi connectivity index (χ1n) is 10.2. The van der Waals surface area contributed by atoms with E-state index in [9.17, 15) is 4.79 Å². The molecule has 0 radical (unpaired) electrons. The van der Waals surface area contributed by atoms with E-state index < -0.39 is 0 Å². The van der Waals surface area contributed by atoms with Gasteiger partial charge in [0.15, 0.2) is 0 Å². The summed E-state index contributed by atoms with van der Waals surface area (Å²) in [5.74, 6) is 0.398. The van der Waals surface area contributed by atoms with Gasteiger partial charge >= 0.3 is 0 Å². The van der Waals surface area contributed by atoms with E-state index in [2.05, 4.69) is 33.0 Å². The summed E-state index contributed by atoms with van der Waals surface area (Å²) in [4.78, 5) is 19.7. The van der Waals surface area contributed by atoms with Crippen molar-refractivity contribution >= 4 is 5.91 Å². The van der Waals surface area contributed by atoms with Crippen molar-refractivity contribution in [3.63, 3.8) is 0 Å². The molecule has 1 atom stereocenters. The van der Waals surface area contributed by atoms with Crippen LogP contribution in [0.25, 0.3) is 0 Å². The van der Waals surface area contributed by atoms with E-state index in [0.717, 1.165) is 51.9 Å². The number of carbonyl (C=O) groups excluding carboxylic acids is 1. The number of piperidine rings is 2. The van der Waals surface area contributed by atoms with Crippen molar-refractivity contribution in [1.29, 1.82) is 0 Å². The fourth-order valence-electron chi connectivity index (χ4n) is 5.09. The quantitative estimate of drug-likeness (QED) is 0.815. The number of carbonyl (C=O) groups is 1. The Morgan fingerprint density at radius 2 is 2.00 bits per heavy atom. The molecule has 6 nitrogen and oxygen atoms in total. The zero-order chi connectivity index (χ0) is 18.1. The largest absolute Gasteiger partial charge is 0.338 e. The second kappa shape index (κ2) is 7.31. The minimum absolute atomic E-state index is 0.375. The van der Waals surface area contributed by atoms with Gasteiger partial charge in [-0.2, -0.15) is 5.10 Å². The van der Waals surface area contributed by atoms with Crippen LogP contribution in [-0.4, -0.2) is 82.7 Å². The molecule has 0 saturated carbocycles. The van der Waals surface area contributed by atoms with Crippen LogP contribution in [0.5, 0.6) is 0 Å². The number of aryl methyl sites for hydroxylation is 1. The van der Waals surface area contributed by atoms with E-state index >= 15 is 0 Å². The van der Waals surface area contributed by atoms with E-state index in [0.29, 0.717) is 17.4 Å². The summed E-state index contributed by atoms with van der Waals surface area (Å²) in [7, 11) is 4.15. The van der Waals surface area contributed by atoms with Gasteiger partial charge < -0.3 is 14.7 Å². The summed E-state index contributed by atoms with van der Waals surface area (Å²) in [6.07, 6.45) is 10.7. The third-order valence-electron chi connectivity index (χ3n) is 6.89. The van der Waals surface area contributed by atoms with Gasteiger partial charge in [0, 0.05) is 45.3 Å². The number of likely N-dealkylation sites (N-methyl/N-ethyl adjacent to an activating group) is 1. The van der Waals surface area contributed by atoms with Crippen molar-refractivity contribution in [2.45, 2.75) is 44.6 Å². The molecular weight excluding hydrogens is 326 g/mol. The highest BCUT2D eigenvalue weighted by molar-refractivity contribution is 5.77. The Balaban J connectivity index is 1.30. The SMILES string of the molecule is CN1CC[C@@H](N2CC3(CCC2=O)CCN(CCc2cnn(C)c2)CC3)C1. The van der Waals surface area contributed by atoms with Crippen LogP contribution in [0.1, 0.15) is 37.7 Å². The van der Waals surface area contributed by atoms with E-state index in [-0.39, 0.29) is 0 Å². The third-order valence-corrected chi connectivity index (χ3v) is 6.89. The van der Waals surface area contributed by atoms with Crippen LogP contribution in [0.4, 0.5) is 0 Å². The van der Waals surface area contributed by atoms with Gasteiger partial charge in [-0.15, -0.1) is 0 Å². The number of nitrogens with zero attached hydrogens (tertiary/aromatic N) is 5. The molecule has 4 heterocycles. The molecular formula is C20H33N5O. The lowest BCUT2D eigenvalue weighted by molar-refractivity contribution is -0.142. The van der Waals surface area contributed by atoms with E-state index in [1.807, 2.05) is 17.9 Å². The Morgan fingerprint density at radius 1 is 1.19 bits per heavy atom. The predicted octanol–water partition coefficient (Wildman–Crippen LogP) is 1.37. The number of likely N-dealkylation sites (tertiary alicyclic amines) is 3. The van der Waals surface area contributed by atoms with Crippen molar-refractivity contribution in [2.75, 3.05) is 46.3 Å². The molecule has 4 rings (SSSR count). The average molecular weight is 360 g/mol. The summed E-state index contributed by atoms with van der Waals surface area (Å²) in [5, 5.41) is 4.26. The molecule has 3 aliphatic rings. The van der Waals surface area contributed by atoms with Gasteiger partial charge in [0.2, 0.25) is 5.91 Å². The van der Waals surface area contributed by atoms with Crippen LogP contribution in [0.2, 0.25) is 0 Å². The first kappa shape index (κ1) is 18.0. The van der Waals surface area contributed by atoms with Crippen molar-refractivity contribution < 1.29 is 4.79 Å². The highest BCUT2D eigenvalue weighted by atomic mass is 16.2. The molecule has 144 valence electrons. The normalized spacial score (nSPS) is 27.5. The second-order valence-electron chi connectivity index (χ2n) is 8.84. The summed E-state index contributed by atoms with van der Waals surface area (Å²) in [6, 6.07) is 0.452. The van der Waals surface area contributed by atoms with Gasteiger partial charge in [-0.25, -0.2) is 0 Å². The highest BCUT2D eigenvalue weighted by Crippen LogP contribution is 2.41. The summed E-state index contributed by atoms with van der Waals surface area (Å²) >= 11 is 0. The predicted molar refractivity (Wildman–Crippen MR) is 102 cm³/mol. The first-order chi connectivity index (χ1) is 12.5. The van der Waals surface area contributed by atoms with Crippen LogP contribution >= 0.6 is 0 Å². The fourth-order valence-corrected chi connectivity index (χ4v) is 5.09. The summed E-state index contributed by atoms with van der Waals surface area (Å²) in [5.41, 5.74) is 1.70. The van der Waals surface area contributed by atoms with Gasteiger partial charge in [-0.1, -0.05) is 0 Å². The Labute approximate surface area is 157 Å². The highest BCUT2D eigenvalue weighted by Gasteiger charge is 2.43. The van der Waals surface area contributed by atoms with Crippen LogP contribution in [0.3, 0.4) is 0 Å². The molecule has 6 heteroatoms. The zero-order valence-electron chi connectivity index (χ0n) is 16.4.